The van der Waals surface area contributed by atoms with Gasteiger partial charge in [0, 0.05) is 12.0 Å². The molecule has 0 aromatic heterocycles. The summed E-state index contributed by atoms with van der Waals surface area (Å²) in [5, 5.41) is 2.70. The van der Waals surface area contributed by atoms with E-state index in [2.05, 4.69) is 5.32 Å². The summed E-state index contributed by atoms with van der Waals surface area (Å²) in [6.07, 6.45) is 1.53. The average molecular weight is 239 g/mol. The van der Waals surface area contributed by atoms with Crippen LogP contribution >= 0.6 is 0 Å². The van der Waals surface area contributed by atoms with E-state index in [1.807, 2.05) is 13.8 Å². The van der Waals surface area contributed by atoms with Crippen LogP contribution in [0.1, 0.15) is 26.7 Å². The number of benzene rings is 1. The van der Waals surface area contributed by atoms with Crippen LogP contribution in [-0.2, 0) is 4.79 Å². The fraction of sp³-hybridized carbons (Fsp3) is 0.462. The third-order valence-electron chi connectivity index (χ3n) is 2.78. The van der Waals surface area contributed by atoms with Crippen LogP contribution in [-0.4, -0.2) is 13.0 Å². The van der Waals surface area contributed by atoms with Gasteiger partial charge >= 0.3 is 0 Å². The molecule has 3 nitrogen and oxygen atoms in total. The maximum atomic E-state index is 13.1. The number of carbonyl (C=O) groups excluding carboxylic acids is 1. The molecule has 0 radical (unpaired) electrons. The maximum Gasteiger partial charge on any atom is 0.227 e. The molecule has 0 spiro atoms. The van der Waals surface area contributed by atoms with Gasteiger partial charge in [-0.2, -0.15) is 0 Å². The number of rotatable bonds is 5. The van der Waals surface area contributed by atoms with Crippen LogP contribution < -0.4 is 10.1 Å². The second-order valence-corrected chi connectivity index (χ2v) is 3.85. The van der Waals surface area contributed by atoms with E-state index in [0.717, 1.165) is 12.8 Å². The molecule has 94 valence electrons. The lowest BCUT2D eigenvalue weighted by Gasteiger charge is -2.14. The van der Waals surface area contributed by atoms with Crippen molar-refractivity contribution in [1.29, 1.82) is 0 Å². The Morgan fingerprint density at radius 3 is 2.59 bits per heavy atom. The Hall–Kier alpha value is -1.58. The van der Waals surface area contributed by atoms with Crippen LogP contribution in [0.4, 0.5) is 10.1 Å². The normalized spacial score (nSPS) is 10.4. The molecule has 1 amide bonds. The van der Waals surface area contributed by atoms with Crippen LogP contribution in [0.5, 0.6) is 5.75 Å². The van der Waals surface area contributed by atoms with Gasteiger partial charge in [0.05, 0.1) is 12.8 Å². The van der Waals surface area contributed by atoms with E-state index in [-0.39, 0.29) is 11.8 Å². The second kappa shape index (κ2) is 6.23. The fourth-order valence-corrected chi connectivity index (χ4v) is 1.67. The number of hydrogen-bond acceptors (Lipinski definition) is 2. The smallest absolute Gasteiger partial charge is 0.227 e. The van der Waals surface area contributed by atoms with Gasteiger partial charge in [0.15, 0.2) is 0 Å². The van der Waals surface area contributed by atoms with Crippen LogP contribution in [0, 0.1) is 11.7 Å². The molecule has 0 atom stereocenters. The van der Waals surface area contributed by atoms with Crippen LogP contribution in [0.2, 0.25) is 0 Å². The molecule has 0 saturated heterocycles. The standard InChI is InChI=1S/C13H18FNO2/c1-4-9(5-2)13(16)15-11-8-10(14)6-7-12(11)17-3/h6-9H,4-5H2,1-3H3,(H,15,16). The first-order chi connectivity index (χ1) is 8.12. The zero-order valence-corrected chi connectivity index (χ0v) is 10.4. The average Bonchev–Trinajstić information content (AvgIpc) is 2.31. The fourth-order valence-electron chi connectivity index (χ4n) is 1.67. The highest BCUT2D eigenvalue weighted by molar-refractivity contribution is 5.93. The minimum atomic E-state index is -0.398. The molecule has 0 saturated carbocycles. The first kappa shape index (κ1) is 13.5. The van der Waals surface area contributed by atoms with Crippen molar-refractivity contribution in [2.24, 2.45) is 5.92 Å². The number of nitrogens with one attached hydrogen (secondary N) is 1. The Morgan fingerprint density at radius 1 is 1.41 bits per heavy atom. The van der Waals surface area contributed by atoms with Gasteiger partial charge in [0.25, 0.3) is 0 Å². The Balaban J connectivity index is 2.86. The summed E-state index contributed by atoms with van der Waals surface area (Å²) >= 11 is 0. The van der Waals surface area contributed by atoms with Crippen molar-refractivity contribution in [2.75, 3.05) is 12.4 Å². The molecule has 1 aromatic carbocycles. The molecule has 0 heterocycles. The van der Waals surface area contributed by atoms with E-state index in [1.165, 1.54) is 25.3 Å². The molecular formula is C13H18FNO2. The van der Waals surface area contributed by atoms with Gasteiger partial charge in [-0.05, 0) is 25.0 Å². The van der Waals surface area contributed by atoms with Crippen molar-refractivity contribution < 1.29 is 13.9 Å². The summed E-state index contributed by atoms with van der Waals surface area (Å²) in [5.41, 5.74) is 0.379. The van der Waals surface area contributed by atoms with E-state index < -0.39 is 5.82 Å². The number of hydrogen-bond donors (Lipinski definition) is 1. The number of anilines is 1. The van der Waals surface area contributed by atoms with Gasteiger partial charge < -0.3 is 10.1 Å². The third kappa shape index (κ3) is 3.44. The molecular weight excluding hydrogens is 221 g/mol. The summed E-state index contributed by atoms with van der Waals surface area (Å²) in [6, 6.07) is 4.06. The molecule has 0 unspecified atom stereocenters. The number of amides is 1. The molecule has 0 fully saturated rings. The highest BCUT2D eigenvalue weighted by Gasteiger charge is 2.16. The first-order valence-electron chi connectivity index (χ1n) is 5.76. The lowest BCUT2D eigenvalue weighted by atomic mass is 10.0. The van der Waals surface area contributed by atoms with Gasteiger partial charge in [-0.1, -0.05) is 13.8 Å². The maximum absolute atomic E-state index is 13.1. The molecule has 0 bridgehead atoms. The first-order valence-corrected chi connectivity index (χ1v) is 5.76. The van der Waals surface area contributed by atoms with Crippen molar-refractivity contribution in [2.45, 2.75) is 26.7 Å². The predicted octanol–water partition coefficient (Wildman–Crippen LogP) is 3.21. The van der Waals surface area contributed by atoms with Crippen molar-refractivity contribution in [1.82, 2.24) is 0 Å². The van der Waals surface area contributed by atoms with E-state index in [4.69, 9.17) is 4.74 Å². The van der Waals surface area contributed by atoms with E-state index >= 15 is 0 Å². The highest BCUT2D eigenvalue weighted by Crippen LogP contribution is 2.25. The Kier molecular flexibility index (Phi) is 4.94. The summed E-state index contributed by atoms with van der Waals surface area (Å²) in [5.74, 6) is -0.0850. The number of halogens is 1. The Bertz CT molecular complexity index is 389. The molecule has 0 aliphatic heterocycles. The topological polar surface area (TPSA) is 38.3 Å². The summed E-state index contributed by atoms with van der Waals surface area (Å²) in [4.78, 5) is 11.9. The van der Waals surface area contributed by atoms with E-state index in [0.29, 0.717) is 11.4 Å². The predicted molar refractivity (Wildman–Crippen MR) is 65.7 cm³/mol. The molecule has 4 heteroatoms. The third-order valence-corrected chi connectivity index (χ3v) is 2.78. The monoisotopic (exact) mass is 239 g/mol. The van der Waals surface area contributed by atoms with E-state index in [9.17, 15) is 9.18 Å². The quantitative estimate of drug-likeness (QED) is 0.856. The number of ether oxygens (including phenoxy) is 1. The largest absolute Gasteiger partial charge is 0.495 e. The van der Waals surface area contributed by atoms with Gasteiger partial charge in [-0.25, -0.2) is 4.39 Å². The number of carbonyl (C=O) groups is 1. The van der Waals surface area contributed by atoms with Crippen molar-refractivity contribution in [3.05, 3.63) is 24.0 Å². The molecule has 0 aliphatic rings. The molecule has 1 aromatic rings. The Morgan fingerprint density at radius 2 is 2.06 bits per heavy atom. The molecule has 1 N–H and O–H groups in total. The summed E-state index contributed by atoms with van der Waals surface area (Å²) in [7, 11) is 1.49. The van der Waals surface area contributed by atoms with Crippen LogP contribution in [0.15, 0.2) is 18.2 Å². The highest BCUT2D eigenvalue weighted by atomic mass is 19.1. The SMILES string of the molecule is CCC(CC)C(=O)Nc1cc(F)ccc1OC. The van der Waals surface area contributed by atoms with Gasteiger partial charge in [0.2, 0.25) is 5.91 Å². The van der Waals surface area contributed by atoms with Crippen LogP contribution in [0.3, 0.4) is 0 Å². The van der Waals surface area contributed by atoms with Gasteiger partial charge in [0.1, 0.15) is 11.6 Å². The molecule has 1 rings (SSSR count). The number of methoxy groups -OCH3 is 1. The van der Waals surface area contributed by atoms with Crippen molar-refractivity contribution >= 4 is 11.6 Å². The summed E-state index contributed by atoms with van der Waals surface area (Å²) < 4.78 is 18.2. The Labute approximate surface area is 101 Å². The van der Waals surface area contributed by atoms with Crippen molar-refractivity contribution in [3.8, 4) is 5.75 Å². The van der Waals surface area contributed by atoms with Crippen molar-refractivity contribution in [3.63, 3.8) is 0 Å². The van der Waals surface area contributed by atoms with Gasteiger partial charge in [-0.3, -0.25) is 4.79 Å². The lowest BCUT2D eigenvalue weighted by molar-refractivity contribution is -0.120. The zero-order chi connectivity index (χ0) is 12.8. The summed E-state index contributed by atoms with van der Waals surface area (Å²) in [6.45, 7) is 3.91. The van der Waals surface area contributed by atoms with E-state index in [1.54, 1.807) is 0 Å². The van der Waals surface area contributed by atoms with Gasteiger partial charge in [-0.15, -0.1) is 0 Å². The zero-order valence-electron chi connectivity index (χ0n) is 10.4. The van der Waals surface area contributed by atoms with Crippen LogP contribution in [0.25, 0.3) is 0 Å². The minimum Gasteiger partial charge on any atom is -0.495 e. The minimum absolute atomic E-state index is 0.0528. The molecule has 0 aliphatic carbocycles. The second-order valence-electron chi connectivity index (χ2n) is 3.85. The lowest BCUT2D eigenvalue weighted by Crippen LogP contribution is -2.22. The molecule has 17 heavy (non-hydrogen) atoms.